The maximum absolute atomic E-state index is 13.0. The second-order valence-electron chi connectivity index (χ2n) is 7.82. The lowest BCUT2D eigenvalue weighted by Crippen LogP contribution is -2.49. The number of carbonyl (C=O) groups excluding carboxylic acids is 1. The minimum Gasteiger partial charge on any atom is -0.347 e. The SMILES string of the molecule is CN(C(=O)Cc1ccc(Cl)c(Cl)c1)C1CC2(CC1N1CCCC1)OCCO2. The van der Waals surface area contributed by atoms with Crippen molar-refractivity contribution in [1.29, 1.82) is 0 Å². The lowest BCUT2D eigenvalue weighted by atomic mass is 10.1. The van der Waals surface area contributed by atoms with Crippen molar-refractivity contribution in [3.8, 4) is 0 Å². The summed E-state index contributed by atoms with van der Waals surface area (Å²) in [5.41, 5.74) is 0.875. The number of hydrogen-bond acceptors (Lipinski definition) is 4. The standard InChI is InChI=1S/C20H26Cl2N2O3/c1-23(19(25)11-14-4-5-15(21)16(22)10-14)17-12-20(26-8-9-27-20)13-18(17)24-6-2-3-7-24/h4-5,10,17-18H,2-3,6-9,11-13H2,1H3. The minimum absolute atomic E-state index is 0.0811. The van der Waals surface area contributed by atoms with Crippen LogP contribution in [0.15, 0.2) is 18.2 Å². The van der Waals surface area contributed by atoms with Gasteiger partial charge in [-0.25, -0.2) is 0 Å². The highest BCUT2D eigenvalue weighted by Crippen LogP contribution is 2.42. The molecular weight excluding hydrogens is 387 g/mol. The van der Waals surface area contributed by atoms with Gasteiger partial charge in [-0.1, -0.05) is 29.3 Å². The van der Waals surface area contributed by atoms with Crippen LogP contribution in [-0.4, -0.2) is 66.9 Å². The molecule has 5 nitrogen and oxygen atoms in total. The molecule has 4 rings (SSSR count). The number of halogens is 2. The van der Waals surface area contributed by atoms with Gasteiger partial charge in [0, 0.05) is 25.9 Å². The first-order valence-corrected chi connectivity index (χ1v) is 10.4. The van der Waals surface area contributed by atoms with Crippen LogP contribution in [0.4, 0.5) is 0 Å². The molecule has 2 saturated heterocycles. The van der Waals surface area contributed by atoms with Gasteiger partial charge >= 0.3 is 0 Å². The molecule has 0 bridgehead atoms. The number of nitrogens with zero attached hydrogens (tertiary/aromatic N) is 2. The molecule has 1 aromatic carbocycles. The van der Waals surface area contributed by atoms with Crippen LogP contribution >= 0.6 is 23.2 Å². The van der Waals surface area contributed by atoms with E-state index in [2.05, 4.69) is 4.90 Å². The number of likely N-dealkylation sites (tertiary alicyclic amines) is 1. The van der Waals surface area contributed by atoms with E-state index in [1.807, 2.05) is 18.0 Å². The van der Waals surface area contributed by atoms with E-state index in [9.17, 15) is 4.79 Å². The van der Waals surface area contributed by atoms with Crippen LogP contribution in [-0.2, 0) is 20.7 Å². The quantitative estimate of drug-likeness (QED) is 0.759. The van der Waals surface area contributed by atoms with E-state index in [1.54, 1.807) is 12.1 Å². The van der Waals surface area contributed by atoms with Crippen LogP contribution < -0.4 is 0 Å². The molecule has 2 heterocycles. The summed E-state index contributed by atoms with van der Waals surface area (Å²) in [6, 6.07) is 5.75. The number of benzene rings is 1. The predicted octanol–water partition coefficient (Wildman–Crippen LogP) is 3.36. The van der Waals surface area contributed by atoms with E-state index in [0.717, 1.165) is 31.5 Å². The number of amides is 1. The largest absolute Gasteiger partial charge is 0.347 e. The lowest BCUT2D eigenvalue weighted by Gasteiger charge is -2.34. The zero-order chi connectivity index (χ0) is 19.0. The highest BCUT2D eigenvalue weighted by molar-refractivity contribution is 6.42. The molecule has 7 heteroatoms. The van der Waals surface area contributed by atoms with Crippen molar-refractivity contribution in [2.75, 3.05) is 33.4 Å². The summed E-state index contributed by atoms with van der Waals surface area (Å²) in [6.45, 7) is 3.46. The topological polar surface area (TPSA) is 42.0 Å². The van der Waals surface area contributed by atoms with Gasteiger partial charge in [-0.15, -0.1) is 0 Å². The average molecular weight is 413 g/mol. The van der Waals surface area contributed by atoms with E-state index in [1.165, 1.54) is 12.8 Å². The van der Waals surface area contributed by atoms with Gasteiger partial charge in [0.1, 0.15) is 0 Å². The summed E-state index contributed by atoms with van der Waals surface area (Å²) in [5, 5.41) is 0.982. The molecule has 1 aliphatic carbocycles. The number of carbonyl (C=O) groups is 1. The average Bonchev–Trinajstić information content (AvgIpc) is 3.39. The molecule has 1 spiro atoms. The molecule has 1 amide bonds. The Labute approximate surface area is 170 Å². The van der Waals surface area contributed by atoms with Crippen LogP contribution in [0.5, 0.6) is 0 Å². The molecule has 1 aromatic rings. The maximum Gasteiger partial charge on any atom is 0.227 e. The van der Waals surface area contributed by atoms with Gasteiger partial charge in [0.2, 0.25) is 5.91 Å². The molecule has 2 aliphatic heterocycles. The molecule has 0 radical (unpaired) electrons. The summed E-state index contributed by atoms with van der Waals surface area (Å²) < 4.78 is 12.0. The van der Waals surface area contributed by atoms with Crippen LogP contribution in [0.1, 0.15) is 31.2 Å². The molecule has 0 N–H and O–H groups in total. The van der Waals surface area contributed by atoms with E-state index in [0.29, 0.717) is 29.7 Å². The fourth-order valence-electron chi connectivity index (χ4n) is 4.70. The zero-order valence-electron chi connectivity index (χ0n) is 15.6. The van der Waals surface area contributed by atoms with Crippen molar-refractivity contribution in [1.82, 2.24) is 9.80 Å². The van der Waals surface area contributed by atoms with Crippen molar-refractivity contribution in [2.45, 2.75) is 50.0 Å². The van der Waals surface area contributed by atoms with E-state index in [-0.39, 0.29) is 18.0 Å². The van der Waals surface area contributed by atoms with Crippen molar-refractivity contribution in [3.63, 3.8) is 0 Å². The molecule has 27 heavy (non-hydrogen) atoms. The van der Waals surface area contributed by atoms with Crippen LogP contribution in [0.3, 0.4) is 0 Å². The number of rotatable bonds is 4. The normalized spacial score (nSPS) is 27.5. The Morgan fingerprint density at radius 2 is 1.89 bits per heavy atom. The summed E-state index contributed by atoms with van der Waals surface area (Å²) in [6.07, 6.45) is 4.32. The number of hydrogen-bond donors (Lipinski definition) is 0. The Balaban J connectivity index is 1.49. The molecule has 2 unspecified atom stereocenters. The van der Waals surface area contributed by atoms with E-state index in [4.69, 9.17) is 32.7 Å². The Morgan fingerprint density at radius 1 is 1.19 bits per heavy atom. The molecule has 1 saturated carbocycles. The van der Waals surface area contributed by atoms with Crippen LogP contribution in [0.25, 0.3) is 0 Å². The Bertz CT molecular complexity index is 702. The Morgan fingerprint density at radius 3 is 2.56 bits per heavy atom. The third-order valence-electron chi connectivity index (χ3n) is 6.14. The van der Waals surface area contributed by atoms with Gasteiger partial charge < -0.3 is 14.4 Å². The lowest BCUT2D eigenvalue weighted by molar-refractivity contribution is -0.156. The van der Waals surface area contributed by atoms with Crippen molar-refractivity contribution in [2.24, 2.45) is 0 Å². The smallest absolute Gasteiger partial charge is 0.227 e. The summed E-state index contributed by atoms with van der Waals surface area (Å²) in [5.74, 6) is -0.437. The van der Waals surface area contributed by atoms with Crippen molar-refractivity contribution < 1.29 is 14.3 Å². The Kier molecular flexibility index (Phi) is 5.68. The number of likely N-dealkylation sites (N-methyl/N-ethyl adjacent to an activating group) is 1. The monoisotopic (exact) mass is 412 g/mol. The van der Waals surface area contributed by atoms with Gasteiger partial charge in [-0.05, 0) is 43.6 Å². The highest BCUT2D eigenvalue weighted by Gasteiger charge is 2.53. The first-order chi connectivity index (χ1) is 13.0. The highest BCUT2D eigenvalue weighted by atomic mass is 35.5. The maximum atomic E-state index is 13.0. The van der Waals surface area contributed by atoms with Crippen LogP contribution in [0, 0.1) is 0 Å². The molecule has 148 valence electrons. The van der Waals surface area contributed by atoms with Gasteiger partial charge in [0.15, 0.2) is 5.79 Å². The second-order valence-corrected chi connectivity index (χ2v) is 8.64. The molecule has 3 fully saturated rings. The third kappa shape index (κ3) is 3.99. The van der Waals surface area contributed by atoms with Gasteiger partial charge in [-0.2, -0.15) is 0 Å². The van der Waals surface area contributed by atoms with Crippen LogP contribution in [0.2, 0.25) is 10.0 Å². The molecule has 0 aromatic heterocycles. The molecule has 3 aliphatic rings. The zero-order valence-corrected chi connectivity index (χ0v) is 17.1. The van der Waals surface area contributed by atoms with Crippen molar-refractivity contribution >= 4 is 29.1 Å². The van der Waals surface area contributed by atoms with Gasteiger partial charge in [0.25, 0.3) is 0 Å². The fraction of sp³-hybridized carbons (Fsp3) is 0.650. The Hall–Kier alpha value is -0.850. The molecule has 2 atom stereocenters. The van der Waals surface area contributed by atoms with Gasteiger partial charge in [-0.3, -0.25) is 9.69 Å². The third-order valence-corrected chi connectivity index (χ3v) is 6.88. The number of ether oxygens (including phenoxy) is 2. The summed E-state index contributed by atoms with van der Waals surface area (Å²) in [7, 11) is 1.90. The van der Waals surface area contributed by atoms with E-state index >= 15 is 0 Å². The van der Waals surface area contributed by atoms with Gasteiger partial charge in [0.05, 0.1) is 35.7 Å². The summed E-state index contributed by atoms with van der Waals surface area (Å²) >= 11 is 12.1. The fourth-order valence-corrected chi connectivity index (χ4v) is 5.02. The minimum atomic E-state index is -0.518. The first-order valence-electron chi connectivity index (χ1n) is 9.69. The molecular formula is C20H26Cl2N2O3. The summed E-state index contributed by atoms with van der Waals surface area (Å²) in [4.78, 5) is 17.4. The second kappa shape index (κ2) is 7.88. The predicted molar refractivity (Wildman–Crippen MR) is 105 cm³/mol. The first kappa shape index (κ1) is 19.5. The van der Waals surface area contributed by atoms with E-state index < -0.39 is 5.79 Å². The van der Waals surface area contributed by atoms with Crippen molar-refractivity contribution in [3.05, 3.63) is 33.8 Å².